The minimum Gasteiger partial charge on any atom is -0.380 e. The Hall–Kier alpha value is -1.81. The Morgan fingerprint density at radius 2 is 2.12 bits per heavy atom. The fourth-order valence-electron chi connectivity index (χ4n) is 1.59. The molecule has 0 radical (unpaired) electrons. The number of pyridine rings is 1. The quantitative estimate of drug-likeness (QED) is 0.843. The van der Waals surface area contributed by atoms with Gasteiger partial charge in [0.2, 0.25) is 0 Å². The van der Waals surface area contributed by atoms with E-state index in [0.717, 1.165) is 12.0 Å². The molecule has 4 heteroatoms. The van der Waals surface area contributed by atoms with Crippen molar-refractivity contribution in [1.29, 1.82) is 0 Å². The number of rotatable bonds is 3. The second-order valence-electron chi connectivity index (χ2n) is 3.43. The van der Waals surface area contributed by atoms with Crippen LogP contribution in [0.3, 0.4) is 0 Å². The number of aliphatic hydroxyl groups excluding tert-OH is 1. The van der Waals surface area contributed by atoms with Crippen LogP contribution in [0.5, 0.6) is 0 Å². The van der Waals surface area contributed by atoms with Crippen LogP contribution in [0.4, 0.5) is 0 Å². The largest absolute Gasteiger partial charge is 0.380 e. The van der Waals surface area contributed by atoms with Gasteiger partial charge in [-0.15, -0.1) is 0 Å². The highest BCUT2D eigenvalue weighted by Crippen LogP contribution is 2.20. The van der Waals surface area contributed by atoms with Gasteiger partial charge in [0.25, 0.3) is 0 Å². The number of aliphatic hydroxyl groups is 1. The molecular weight excluding hydrogens is 202 g/mol. The van der Waals surface area contributed by atoms with Gasteiger partial charge in [0.1, 0.15) is 6.10 Å². The third-order valence-electron chi connectivity index (χ3n) is 2.43. The summed E-state index contributed by atoms with van der Waals surface area (Å²) in [6.45, 7) is 2.03. The van der Waals surface area contributed by atoms with Crippen LogP contribution in [0.25, 0.3) is 0 Å². The summed E-state index contributed by atoms with van der Waals surface area (Å²) >= 11 is 0. The summed E-state index contributed by atoms with van der Waals surface area (Å²) < 4.78 is 0. The van der Waals surface area contributed by atoms with Crippen LogP contribution in [0.15, 0.2) is 36.9 Å². The van der Waals surface area contributed by atoms with Crippen molar-refractivity contribution >= 4 is 0 Å². The van der Waals surface area contributed by atoms with Crippen LogP contribution in [-0.2, 0) is 6.42 Å². The molecule has 0 aliphatic rings. The number of hydrogen-bond donors (Lipinski definition) is 1. The van der Waals surface area contributed by atoms with Crippen molar-refractivity contribution in [3.05, 3.63) is 53.9 Å². The highest BCUT2D eigenvalue weighted by molar-refractivity contribution is 5.26. The van der Waals surface area contributed by atoms with E-state index in [1.165, 1.54) is 0 Å². The Labute approximate surface area is 94.0 Å². The lowest BCUT2D eigenvalue weighted by molar-refractivity contribution is 0.208. The standard InChI is InChI=1S/C12H13N3O/c1-2-9-4-3-5-15-11(9)12(16)10-8-13-6-7-14-10/h3-8,12,16H,2H2,1H3. The van der Waals surface area contributed by atoms with Gasteiger partial charge in [-0.05, 0) is 18.1 Å². The van der Waals surface area contributed by atoms with Crippen LogP contribution in [0, 0.1) is 0 Å². The van der Waals surface area contributed by atoms with Crippen LogP contribution in [0.2, 0.25) is 0 Å². The van der Waals surface area contributed by atoms with E-state index < -0.39 is 6.10 Å². The third kappa shape index (κ3) is 2.06. The molecule has 2 aromatic heterocycles. The molecule has 16 heavy (non-hydrogen) atoms. The van der Waals surface area contributed by atoms with E-state index in [4.69, 9.17) is 0 Å². The van der Waals surface area contributed by atoms with Crippen LogP contribution >= 0.6 is 0 Å². The molecule has 1 unspecified atom stereocenters. The van der Waals surface area contributed by atoms with Crippen molar-refractivity contribution < 1.29 is 5.11 Å². The predicted molar refractivity (Wildman–Crippen MR) is 59.7 cm³/mol. The molecule has 2 aromatic rings. The van der Waals surface area contributed by atoms with Gasteiger partial charge in [-0.25, -0.2) is 0 Å². The fourth-order valence-corrected chi connectivity index (χ4v) is 1.59. The molecule has 0 fully saturated rings. The lowest BCUT2D eigenvalue weighted by atomic mass is 10.1. The minimum absolute atomic E-state index is 0.524. The lowest BCUT2D eigenvalue weighted by Gasteiger charge is -2.12. The van der Waals surface area contributed by atoms with E-state index in [0.29, 0.717) is 11.4 Å². The van der Waals surface area contributed by atoms with E-state index in [1.54, 1.807) is 24.8 Å². The van der Waals surface area contributed by atoms with Crippen molar-refractivity contribution in [3.8, 4) is 0 Å². The molecule has 0 spiro atoms. The van der Waals surface area contributed by atoms with Crippen LogP contribution in [-0.4, -0.2) is 20.1 Å². The zero-order valence-corrected chi connectivity index (χ0v) is 9.04. The summed E-state index contributed by atoms with van der Waals surface area (Å²) in [5.41, 5.74) is 2.21. The van der Waals surface area contributed by atoms with Crippen molar-refractivity contribution in [2.24, 2.45) is 0 Å². The maximum Gasteiger partial charge on any atom is 0.140 e. The fraction of sp³-hybridized carbons (Fsp3) is 0.250. The molecule has 1 atom stereocenters. The topological polar surface area (TPSA) is 58.9 Å². The third-order valence-corrected chi connectivity index (χ3v) is 2.43. The van der Waals surface area contributed by atoms with E-state index >= 15 is 0 Å². The number of aromatic nitrogens is 3. The second kappa shape index (κ2) is 4.81. The smallest absolute Gasteiger partial charge is 0.140 e. The SMILES string of the molecule is CCc1cccnc1C(O)c1cnccn1. The summed E-state index contributed by atoms with van der Waals surface area (Å²) in [5.74, 6) is 0. The van der Waals surface area contributed by atoms with Gasteiger partial charge in [0, 0.05) is 18.6 Å². The van der Waals surface area contributed by atoms with E-state index in [9.17, 15) is 5.11 Å². The average Bonchev–Trinajstić information content (AvgIpc) is 2.39. The number of aryl methyl sites for hydroxylation is 1. The Morgan fingerprint density at radius 3 is 2.81 bits per heavy atom. The summed E-state index contributed by atoms with van der Waals surface area (Å²) in [6, 6.07) is 3.83. The zero-order valence-electron chi connectivity index (χ0n) is 9.04. The van der Waals surface area contributed by atoms with Crippen LogP contribution < -0.4 is 0 Å². The summed E-state index contributed by atoms with van der Waals surface area (Å²) in [5, 5.41) is 10.1. The highest BCUT2D eigenvalue weighted by atomic mass is 16.3. The molecule has 0 saturated carbocycles. The molecule has 1 N–H and O–H groups in total. The van der Waals surface area contributed by atoms with Crippen molar-refractivity contribution in [1.82, 2.24) is 15.0 Å². The van der Waals surface area contributed by atoms with Gasteiger partial charge in [0.15, 0.2) is 0 Å². The second-order valence-corrected chi connectivity index (χ2v) is 3.43. The highest BCUT2D eigenvalue weighted by Gasteiger charge is 2.16. The molecule has 0 bridgehead atoms. The molecule has 0 aliphatic heterocycles. The first kappa shape index (κ1) is 10.7. The lowest BCUT2D eigenvalue weighted by Crippen LogP contribution is -2.07. The molecular formula is C12H13N3O. The van der Waals surface area contributed by atoms with Gasteiger partial charge in [-0.2, -0.15) is 0 Å². The summed E-state index contributed by atoms with van der Waals surface area (Å²) in [6.07, 6.45) is 6.40. The van der Waals surface area contributed by atoms with E-state index in [-0.39, 0.29) is 0 Å². The minimum atomic E-state index is -0.801. The van der Waals surface area contributed by atoms with Crippen molar-refractivity contribution in [2.75, 3.05) is 0 Å². The van der Waals surface area contributed by atoms with Crippen molar-refractivity contribution in [3.63, 3.8) is 0 Å². The van der Waals surface area contributed by atoms with Crippen molar-refractivity contribution in [2.45, 2.75) is 19.4 Å². The van der Waals surface area contributed by atoms with Gasteiger partial charge in [0.05, 0.1) is 17.6 Å². The molecule has 2 heterocycles. The average molecular weight is 215 g/mol. The first-order chi connectivity index (χ1) is 7.83. The van der Waals surface area contributed by atoms with Gasteiger partial charge < -0.3 is 5.11 Å². The Morgan fingerprint density at radius 1 is 1.25 bits per heavy atom. The molecule has 0 amide bonds. The molecule has 0 aliphatic carbocycles. The molecule has 2 rings (SSSR count). The zero-order chi connectivity index (χ0) is 11.4. The molecule has 82 valence electrons. The maximum atomic E-state index is 10.1. The Kier molecular flexibility index (Phi) is 3.22. The maximum absolute atomic E-state index is 10.1. The summed E-state index contributed by atoms with van der Waals surface area (Å²) in [4.78, 5) is 12.2. The first-order valence-corrected chi connectivity index (χ1v) is 5.20. The molecule has 4 nitrogen and oxygen atoms in total. The van der Waals surface area contributed by atoms with Crippen LogP contribution in [0.1, 0.15) is 30.0 Å². The monoisotopic (exact) mass is 215 g/mol. The number of nitrogens with zero attached hydrogens (tertiary/aromatic N) is 3. The Balaban J connectivity index is 2.37. The van der Waals surface area contributed by atoms with Gasteiger partial charge >= 0.3 is 0 Å². The van der Waals surface area contributed by atoms with Gasteiger partial charge in [-0.1, -0.05) is 13.0 Å². The number of hydrogen-bond acceptors (Lipinski definition) is 4. The summed E-state index contributed by atoms with van der Waals surface area (Å²) in [7, 11) is 0. The van der Waals surface area contributed by atoms with E-state index in [1.807, 2.05) is 19.1 Å². The van der Waals surface area contributed by atoms with Gasteiger partial charge in [-0.3, -0.25) is 15.0 Å². The molecule has 0 saturated heterocycles. The van der Waals surface area contributed by atoms with E-state index in [2.05, 4.69) is 15.0 Å². The Bertz CT molecular complexity index is 459. The first-order valence-electron chi connectivity index (χ1n) is 5.20. The predicted octanol–water partition coefficient (Wildman–Crippen LogP) is 1.52. The molecule has 0 aromatic carbocycles. The normalized spacial score (nSPS) is 12.4.